The van der Waals surface area contributed by atoms with Gasteiger partial charge in [-0.3, -0.25) is 14.2 Å². The summed E-state index contributed by atoms with van der Waals surface area (Å²) >= 11 is 0. The molecule has 6 heteroatoms. The highest BCUT2D eigenvalue weighted by Gasteiger charge is 2.13. The molecule has 0 aliphatic carbocycles. The Morgan fingerprint density at radius 2 is 2.10 bits per heavy atom. The Morgan fingerprint density at radius 3 is 2.80 bits per heavy atom. The highest BCUT2D eigenvalue weighted by molar-refractivity contribution is 5.71. The molecule has 0 atom stereocenters. The highest BCUT2D eigenvalue weighted by Crippen LogP contribution is 2.19. The third-order valence-electron chi connectivity index (χ3n) is 3.11. The molecule has 3 rings (SSSR count). The van der Waals surface area contributed by atoms with Gasteiger partial charge in [-0.2, -0.15) is 0 Å². The summed E-state index contributed by atoms with van der Waals surface area (Å²) in [4.78, 5) is 23.6. The van der Waals surface area contributed by atoms with Crippen molar-refractivity contribution in [3.05, 3.63) is 48.3 Å². The number of pyridine rings is 1. The number of fused-ring (bicyclic) bond motifs is 1. The van der Waals surface area contributed by atoms with Gasteiger partial charge in [0.25, 0.3) is 0 Å². The zero-order valence-electron chi connectivity index (χ0n) is 10.8. The van der Waals surface area contributed by atoms with Crippen molar-refractivity contribution < 1.29 is 9.90 Å². The van der Waals surface area contributed by atoms with Gasteiger partial charge >= 0.3 is 5.97 Å². The largest absolute Gasteiger partial charge is 0.481 e. The molecule has 0 saturated heterocycles. The maximum Gasteiger partial charge on any atom is 0.309 e. The second-order valence-electron chi connectivity index (χ2n) is 4.45. The second-order valence-corrected chi connectivity index (χ2v) is 4.45. The first-order valence-electron chi connectivity index (χ1n) is 6.11. The summed E-state index contributed by atoms with van der Waals surface area (Å²) in [6.07, 6.45) is 4.95. The van der Waals surface area contributed by atoms with Crippen molar-refractivity contribution in [3.8, 4) is 11.3 Å². The lowest BCUT2D eigenvalue weighted by atomic mass is 10.2. The number of nitrogens with zero attached hydrogens (tertiary/aromatic N) is 4. The molecular weight excluding hydrogens is 256 g/mol. The fourth-order valence-electron chi connectivity index (χ4n) is 2.15. The van der Waals surface area contributed by atoms with E-state index in [1.165, 1.54) is 0 Å². The Hall–Kier alpha value is -2.76. The quantitative estimate of drug-likeness (QED) is 0.782. The van der Waals surface area contributed by atoms with Gasteiger partial charge < -0.3 is 5.11 Å². The van der Waals surface area contributed by atoms with E-state index in [9.17, 15) is 4.79 Å². The average Bonchev–Trinajstić information content (AvgIpc) is 2.75. The van der Waals surface area contributed by atoms with Crippen molar-refractivity contribution in [1.29, 1.82) is 0 Å². The van der Waals surface area contributed by atoms with Crippen LogP contribution in [0.25, 0.3) is 16.9 Å². The monoisotopic (exact) mass is 268 g/mol. The molecule has 100 valence electrons. The molecule has 0 aliphatic rings. The SMILES string of the molecule is Cc1nc2cc(-c3ccncc3)ncn2c1CC(=O)O. The summed E-state index contributed by atoms with van der Waals surface area (Å²) in [5.74, 6) is -0.881. The van der Waals surface area contributed by atoms with Crippen LogP contribution in [0.1, 0.15) is 11.4 Å². The lowest BCUT2D eigenvalue weighted by Crippen LogP contribution is -2.05. The number of aryl methyl sites for hydroxylation is 1. The smallest absolute Gasteiger partial charge is 0.309 e. The Kier molecular flexibility index (Phi) is 2.90. The van der Waals surface area contributed by atoms with E-state index < -0.39 is 5.97 Å². The molecule has 0 aliphatic heterocycles. The second kappa shape index (κ2) is 4.73. The van der Waals surface area contributed by atoms with Gasteiger partial charge in [0.1, 0.15) is 12.0 Å². The predicted octanol–water partition coefficient (Wildman–Crippen LogP) is 1.73. The van der Waals surface area contributed by atoms with E-state index in [0.717, 1.165) is 11.3 Å². The first kappa shape index (κ1) is 12.3. The Morgan fingerprint density at radius 1 is 1.35 bits per heavy atom. The number of imidazole rings is 1. The molecule has 3 aromatic rings. The van der Waals surface area contributed by atoms with Crippen LogP contribution in [-0.4, -0.2) is 30.4 Å². The third-order valence-corrected chi connectivity index (χ3v) is 3.11. The lowest BCUT2D eigenvalue weighted by molar-refractivity contribution is -0.136. The maximum absolute atomic E-state index is 10.9. The summed E-state index contributed by atoms with van der Waals surface area (Å²) < 4.78 is 1.72. The van der Waals surface area contributed by atoms with Gasteiger partial charge in [-0.1, -0.05) is 0 Å². The summed E-state index contributed by atoms with van der Waals surface area (Å²) in [6, 6.07) is 5.58. The zero-order chi connectivity index (χ0) is 14.1. The van der Waals surface area contributed by atoms with Gasteiger partial charge in [-0.25, -0.2) is 9.97 Å². The number of hydrogen-bond donors (Lipinski definition) is 1. The maximum atomic E-state index is 10.9. The van der Waals surface area contributed by atoms with E-state index in [4.69, 9.17) is 5.11 Å². The fraction of sp³-hybridized carbons (Fsp3) is 0.143. The molecule has 1 N–H and O–H groups in total. The number of carboxylic acids is 1. The van der Waals surface area contributed by atoms with E-state index in [-0.39, 0.29) is 6.42 Å². The summed E-state index contributed by atoms with van der Waals surface area (Å²) in [5, 5.41) is 8.93. The number of rotatable bonds is 3. The Bertz CT molecular complexity index is 780. The molecule has 3 heterocycles. The normalized spacial score (nSPS) is 10.8. The number of carbonyl (C=O) groups is 1. The first-order valence-corrected chi connectivity index (χ1v) is 6.11. The molecule has 6 nitrogen and oxygen atoms in total. The van der Waals surface area contributed by atoms with Crippen LogP contribution in [-0.2, 0) is 11.2 Å². The molecule has 0 spiro atoms. The zero-order valence-corrected chi connectivity index (χ0v) is 10.8. The van der Waals surface area contributed by atoms with Crippen LogP contribution in [0.2, 0.25) is 0 Å². The molecule has 0 fully saturated rings. The number of aromatic nitrogens is 4. The minimum Gasteiger partial charge on any atom is -0.481 e. The van der Waals surface area contributed by atoms with Crippen LogP contribution >= 0.6 is 0 Å². The van der Waals surface area contributed by atoms with Gasteiger partial charge in [-0.15, -0.1) is 0 Å². The molecule has 20 heavy (non-hydrogen) atoms. The molecule has 0 bridgehead atoms. The number of carboxylic acid groups (broad SMARTS) is 1. The fourth-order valence-corrected chi connectivity index (χ4v) is 2.15. The molecule has 3 aromatic heterocycles. The summed E-state index contributed by atoms with van der Waals surface area (Å²) in [7, 11) is 0. The topological polar surface area (TPSA) is 80.4 Å². The van der Waals surface area contributed by atoms with Crippen molar-refractivity contribution in [2.75, 3.05) is 0 Å². The third kappa shape index (κ3) is 2.11. The van der Waals surface area contributed by atoms with Crippen molar-refractivity contribution in [2.45, 2.75) is 13.3 Å². The van der Waals surface area contributed by atoms with Crippen LogP contribution in [0.5, 0.6) is 0 Å². The van der Waals surface area contributed by atoms with Crippen LogP contribution in [0.4, 0.5) is 0 Å². The van der Waals surface area contributed by atoms with Gasteiger partial charge in [0.15, 0.2) is 0 Å². The number of aliphatic carboxylic acids is 1. The minimum absolute atomic E-state index is 0.0662. The van der Waals surface area contributed by atoms with Crippen molar-refractivity contribution in [3.63, 3.8) is 0 Å². The molecule has 0 amide bonds. The highest BCUT2D eigenvalue weighted by atomic mass is 16.4. The standard InChI is InChI=1S/C14H12N4O2/c1-9-12(7-14(19)20)18-8-16-11(6-13(18)17-9)10-2-4-15-5-3-10/h2-6,8H,7H2,1H3,(H,19,20). The van der Waals surface area contributed by atoms with Gasteiger partial charge in [0.2, 0.25) is 0 Å². The van der Waals surface area contributed by atoms with E-state index >= 15 is 0 Å². The first-order chi connectivity index (χ1) is 9.65. The van der Waals surface area contributed by atoms with Crippen LogP contribution in [0, 0.1) is 6.92 Å². The van der Waals surface area contributed by atoms with Crippen LogP contribution in [0.3, 0.4) is 0 Å². The lowest BCUT2D eigenvalue weighted by Gasteiger charge is -2.02. The Labute approximate surface area is 114 Å². The van der Waals surface area contributed by atoms with E-state index in [0.29, 0.717) is 17.0 Å². The van der Waals surface area contributed by atoms with Gasteiger partial charge in [0, 0.05) is 24.0 Å². The van der Waals surface area contributed by atoms with E-state index in [1.807, 2.05) is 18.2 Å². The molecular formula is C14H12N4O2. The van der Waals surface area contributed by atoms with Crippen molar-refractivity contribution in [2.24, 2.45) is 0 Å². The van der Waals surface area contributed by atoms with Gasteiger partial charge in [0.05, 0.1) is 23.5 Å². The average molecular weight is 268 g/mol. The predicted molar refractivity (Wildman–Crippen MR) is 72.3 cm³/mol. The van der Waals surface area contributed by atoms with Crippen LogP contribution < -0.4 is 0 Å². The van der Waals surface area contributed by atoms with Crippen LogP contribution in [0.15, 0.2) is 36.9 Å². The summed E-state index contributed by atoms with van der Waals surface area (Å²) in [5.41, 5.74) is 3.79. The van der Waals surface area contributed by atoms with Crippen molar-refractivity contribution in [1.82, 2.24) is 19.4 Å². The van der Waals surface area contributed by atoms with E-state index in [2.05, 4.69) is 15.0 Å². The molecule has 0 aromatic carbocycles. The number of hydrogen-bond acceptors (Lipinski definition) is 4. The Balaban J connectivity index is 2.12. The molecule has 0 saturated carbocycles. The summed E-state index contributed by atoms with van der Waals surface area (Å²) in [6.45, 7) is 1.80. The molecule has 0 radical (unpaired) electrons. The van der Waals surface area contributed by atoms with Gasteiger partial charge in [-0.05, 0) is 19.1 Å². The van der Waals surface area contributed by atoms with E-state index in [1.54, 1.807) is 30.0 Å². The minimum atomic E-state index is -0.881. The van der Waals surface area contributed by atoms with Crippen molar-refractivity contribution >= 4 is 11.6 Å². The molecule has 0 unspecified atom stereocenters.